The lowest BCUT2D eigenvalue weighted by Crippen LogP contribution is -2.39. The first-order chi connectivity index (χ1) is 18.3. The second kappa shape index (κ2) is 10.3. The van der Waals surface area contributed by atoms with Gasteiger partial charge in [0.05, 0.1) is 33.4 Å². The van der Waals surface area contributed by atoms with E-state index in [9.17, 15) is 19.7 Å². The van der Waals surface area contributed by atoms with Crippen molar-refractivity contribution in [2.75, 3.05) is 6.61 Å². The smallest absolute Gasteiger partial charge is 0.338 e. The van der Waals surface area contributed by atoms with Gasteiger partial charge in [-0.3, -0.25) is 19.5 Å². The van der Waals surface area contributed by atoms with Gasteiger partial charge >= 0.3 is 5.97 Å². The van der Waals surface area contributed by atoms with Gasteiger partial charge in [0.1, 0.15) is 11.5 Å². The Morgan fingerprint density at radius 1 is 1.24 bits per heavy atom. The number of carbonyl (C=O) groups is 1. The third-order valence-corrected chi connectivity index (χ3v) is 7.60. The summed E-state index contributed by atoms with van der Waals surface area (Å²) in [7, 11) is 0. The number of hydrogen-bond donors (Lipinski definition) is 0. The summed E-state index contributed by atoms with van der Waals surface area (Å²) < 4.78 is 13.7. The van der Waals surface area contributed by atoms with Crippen molar-refractivity contribution < 1.29 is 18.9 Å². The van der Waals surface area contributed by atoms with Crippen molar-refractivity contribution in [3.63, 3.8) is 0 Å². The average molecular weight is 594 g/mol. The van der Waals surface area contributed by atoms with Gasteiger partial charge in [0.15, 0.2) is 4.80 Å². The van der Waals surface area contributed by atoms with Gasteiger partial charge in [-0.2, -0.15) is 0 Å². The number of rotatable bonds is 6. The Morgan fingerprint density at radius 3 is 2.68 bits per heavy atom. The van der Waals surface area contributed by atoms with Crippen LogP contribution in [0.2, 0.25) is 0 Å². The Balaban J connectivity index is 1.60. The highest BCUT2D eigenvalue weighted by Gasteiger charge is 2.33. The maximum absolute atomic E-state index is 13.7. The topological polar surface area (TPSA) is 117 Å². The number of thiazole rings is 1. The number of nitro benzene ring substituents is 1. The molecule has 0 saturated carbocycles. The number of nitro groups is 1. The first-order valence-electron chi connectivity index (χ1n) is 11.6. The molecule has 0 N–H and O–H groups in total. The van der Waals surface area contributed by atoms with Gasteiger partial charge < -0.3 is 9.15 Å². The summed E-state index contributed by atoms with van der Waals surface area (Å²) in [5.74, 6) is 0.391. The predicted molar refractivity (Wildman–Crippen MR) is 145 cm³/mol. The van der Waals surface area contributed by atoms with Gasteiger partial charge in [-0.25, -0.2) is 9.79 Å². The van der Waals surface area contributed by atoms with Crippen LogP contribution in [0.4, 0.5) is 5.69 Å². The van der Waals surface area contributed by atoms with Crippen molar-refractivity contribution in [1.29, 1.82) is 0 Å². The van der Waals surface area contributed by atoms with E-state index < -0.39 is 16.9 Å². The van der Waals surface area contributed by atoms with Crippen LogP contribution < -0.4 is 14.9 Å². The molecule has 2 aromatic heterocycles. The van der Waals surface area contributed by atoms with Crippen molar-refractivity contribution in [1.82, 2.24) is 4.57 Å². The fourth-order valence-corrected chi connectivity index (χ4v) is 5.85. The quantitative estimate of drug-likeness (QED) is 0.181. The maximum atomic E-state index is 13.7. The van der Waals surface area contributed by atoms with E-state index in [0.717, 1.165) is 5.56 Å². The van der Waals surface area contributed by atoms with Crippen LogP contribution >= 0.6 is 27.3 Å². The summed E-state index contributed by atoms with van der Waals surface area (Å²) in [5.41, 5.74) is 1.86. The Hall–Kier alpha value is -4.09. The molecule has 3 heterocycles. The molecule has 9 nitrogen and oxygen atoms in total. The number of allylic oxidation sites excluding steroid dienone is 1. The highest BCUT2D eigenvalue weighted by atomic mass is 79.9. The molecule has 1 aliphatic rings. The minimum Gasteiger partial charge on any atom is -0.463 e. The minimum atomic E-state index is -0.683. The number of benzene rings is 2. The number of non-ortho nitro benzene ring substituents is 1. The molecule has 0 radical (unpaired) electrons. The first kappa shape index (κ1) is 25.6. The lowest BCUT2D eigenvalue weighted by molar-refractivity contribution is -0.384. The third-order valence-electron chi connectivity index (χ3n) is 5.96. The van der Waals surface area contributed by atoms with Crippen LogP contribution in [-0.2, 0) is 9.53 Å². The molecule has 0 fully saturated rings. The Morgan fingerprint density at radius 2 is 2.00 bits per heavy atom. The van der Waals surface area contributed by atoms with E-state index in [-0.39, 0.29) is 17.9 Å². The largest absolute Gasteiger partial charge is 0.463 e. The predicted octanol–water partition coefficient (Wildman–Crippen LogP) is 4.73. The van der Waals surface area contributed by atoms with Crippen molar-refractivity contribution in [2.45, 2.75) is 19.9 Å². The molecule has 192 valence electrons. The molecule has 0 bridgehead atoms. The van der Waals surface area contributed by atoms with Crippen LogP contribution in [0, 0.1) is 10.1 Å². The summed E-state index contributed by atoms with van der Waals surface area (Å²) in [6, 6.07) is 16.4. The molecule has 0 saturated heterocycles. The molecule has 4 aromatic rings. The molecule has 0 amide bonds. The zero-order chi connectivity index (χ0) is 27.0. The molecule has 2 aromatic carbocycles. The highest BCUT2D eigenvalue weighted by molar-refractivity contribution is 9.10. The number of esters is 1. The van der Waals surface area contributed by atoms with Gasteiger partial charge in [0, 0.05) is 28.2 Å². The number of carbonyl (C=O) groups excluding carboxylic acids is 1. The zero-order valence-electron chi connectivity index (χ0n) is 20.2. The number of hydrogen-bond acceptors (Lipinski definition) is 8. The number of fused-ring (bicyclic) bond motifs is 1. The summed E-state index contributed by atoms with van der Waals surface area (Å²) >= 11 is 4.56. The molecule has 1 atom stereocenters. The monoisotopic (exact) mass is 593 g/mol. The Labute approximate surface area is 228 Å². The fraction of sp³-hybridized carbons (Fsp3) is 0.148. The third kappa shape index (κ3) is 4.66. The number of nitrogens with zero attached hydrogens (tertiary/aromatic N) is 3. The fourth-order valence-electron chi connectivity index (χ4n) is 4.26. The van der Waals surface area contributed by atoms with Crippen molar-refractivity contribution in [3.05, 3.63) is 118 Å². The van der Waals surface area contributed by atoms with Crippen molar-refractivity contribution in [2.24, 2.45) is 4.99 Å². The van der Waals surface area contributed by atoms with Crippen LogP contribution in [0.25, 0.3) is 17.4 Å². The van der Waals surface area contributed by atoms with Crippen LogP contribution in [0.15, 0.2) is 90.6 Å². The SMILES string of the molecule is CCOC(=O)C1=C(C)N=c2s/c(=C\c3ccc(-c4ccc([N+](=O)[O-])cc4Br)o3)c(=O)n2[C@H]1c1ccccc1. The molecule has 0 unspecified atom stereocenters. The number of aromatic nitrogens is 1. The normalized spacial score (nSPS) is 15.2. The van der Waals surface area contributed by atoms with Gasteiger partial charge in [0.2, 0.25) is 0 Å². The number of furan rings is 1. The first-order valence-corrected chi connectivity index (χ1v) is 13.2. The molecule has 5 rings (SSSR count). The van der Waals surface area contributed by atoms with Gasteiger partial charge in [-0.15, -0.1) is 0 Å². The summed E-state index contributed by atoms with van der Waals surface area (Å²) in [5, 5.41) is 11.0. The van der Waals surface area contributed by atoms with E-state index in [4.69, 9.17) is 9.15 Å². The molecular weight excluding hydrogens is 574 g/mol. The average Bonchev–Trinajstić information content (AvgIpc) is 3.48. The van der Waals surface area contributed by atoms with Crippen LogP contribution in [0.3, 0.4) is 0 Å². The van der Waals surface area contributed by atoms with E-state index in [0.29, 0.717) is 42.2 Å². The van der Waals surface area contributed by atoms with Gasteiger partial charge in [0.25, 0.3) is 11.2 Å². The Kier molecular flexibility index (Phi) is 6.96. The standard InChI is InChI=1S/C27H20BrN3O6S/c1-3-36-26(33)23-15(2)29-27-30(24(23)16-7-5-4-6-8-16)25(32)22(38-27)14-18-10-12-21(37-18)19-11-9-17(31(34)35)13-20(19)28/h4-14,24H,3H2,1-2H3/b22-14-/t24-/m0/s1. The van der Waals surface area contributed by atoms with Crippen LogP contribution in [0.5, 0.6) is 0 Å². The van der Waals surface area contributed by atoms with E-state index in [2.05, 4.69) is 20.9 Å². The molecular formula is C27H20BrN3O6S. The van der Waals surface area contributed by atoms with Gasteiger partial charge in [-0.1, -0.05) is 41.7 Å². The zero-order valence-corrected chi connectivity index (χ0v) is 22.6. The lowest BCUT2D eigenvalue weighted by Gasteiger charge is -2.24. The number of halogens is 1. The molecule has 11 heteroatoms. The second-order valence-corrected chi connectivity index (χ2v) is 10.2. The van der Waals surface area contributed by atoms with E-state index in [1.807, 2.05) is 30.3 Å². The molecule has 0 spiro atoms. The van der Waals surface area contributed by atoms with Crippen molar-refractivity contribution >= 4 is 45.0 Å². The van der Waals surface area contributed by atoms with Crippen LogP contribution in [0.1, 0.15) is 31.2 Å². The van der Waals surface area contributed by atoms with Crippen molar-refractivity contribution in [3.8, 4) is 11.3 Å². The minimum absolute atomic E-state index is 0.0426. The van der Waals surface area contributed by atoms with E-state index in [1.165, 1.54) is 28.0 Å². The highest BCUT2D eigenvalue weighted by Crippen LogP contribution is 2.33. The molecule has 0 aliphatic carbocycles. The summed E-state index contributed by atoms with van der Waals surface area (Å²) in [4.78, 5) is 42.2. The van der Waals surface area contributed by atoms with Gasteiger partial charge in [-0.05, 0) is 53.5 Å². The Bertz CT molecular complexity index is 1780. The summed E-state index contributed by atoms with van der Waals surface area (Å²) in [6.07, 6.45) is 1.62. The number of ether oxygens (including phenoxy) is 1. The molecule has 1 aliphatic heterocycles. The van der Waals surface area contributed by atoms with E-state index >= 15 is 0 Å². The maximum Gasteiger partial charge on any atom is 0.338 e. The second-order valence-electron chi connectivity index (χ2n) is 8.34. The van der Waals surface area contributed by atoms with Crippen LogP contribution in [-0.4, -0.2) is 22.1 Å². The van der Waals surface area contributed by atoms with E-state index in [1.54, 1.807) is 38.1 Å². The summed E-state index contributed by atoms with van der Waals surface area (Å²) in [6.45, 7) is 3.67. The molecule has 38 heavy (non-hydrogen) atoms. The lowest BCUT2D eigenvalue weighted by atomic mass is 9.96.